The maximum Gasteiger partial charge on any atom is 0.261 e. The molecule has 0 fully saturated rings. The van der Waals surface area contributed by atoms with E-state index < -0.39 is 11.6 Å². The van der Waals surface area contributed by atoms with Crippen molar-refractivity contribution in [2.45, 2.75) is 52.2 Å². The minimum atomic E-state index is -0.684. The molecule has 0 heterocycles. The van der Waals surface area contributed by atoms with Gasteiger partial charge in [0, 0.05) is 12.1 Å². The van der Waals surface area contributed by atoms with Gasteiger partial charge < -0.3 is 15.0 Å². The second kappa shape index (κ2) is 11.1. The van der Waals surface area contributed by atoms with Crippen LogP contribution in [0.5, 0.6) is 5.75 Å². The maximum atomic E-state index is 13.2. The van der Waals surface area contributed by atoms with Crippen LogP contribution in [0.2, 0.25) is 15.1 Å². The molecule has 5 nitrogen and oxygen atoms in total. The lowest BCUT2D eigenvalue weighted by molar-refractivity contribution is -0.143. The van der Waals surface area contributed by atoms with Crippen LogP contribution in [0.15, 0.2) is 42.5 Å². The average molecular weight is 486 g/mol. The summed E-state index contributed by atoms with van der Waals surface area (Å²) in [7, 11) is 0. The van der Waals surface area contributed by atoms with E-state index in [1.807, 2.05) is 27.7 Å². The fraction of sp³-hybridized carbons (Fsp3) is 0.391. The summed E-state index contributed by atoms with van der Waals surface area (Å²) in [6.45, 7) is 7.45. The molecule has 0 aliphatic carbocycles. The molecule has 0 aliphatic rings. The Balaban J connectivity index is 2.28. The van der Waals surface area contributed by atoms with E-state index >= 15 is 0 Å². The number of halogens is 3. The normalized spacial score (nSPS) is 12.2. The first-order chi connectivity index (χ1) is 14.5. The van der Waals surface area contributed by atoms with Crippen LogP contribution < -0.4 is 10.1 Å². The number of carbonyl (C=O) groups is 2. The fourth-order valence-electron chi connectivity index (χ4n) is 2.99. The summed E-state index contributed by atoms with van der Waals surface area (Å²) >= 11 is 18.3. The zero-order valence-electron chi connectivity index (χ0n) is 18.0. The molecule has 0 bridgehead atoms. The Morgan fingerprint density at radius 1 is 1.03 bits per heavy atom. The fourth-order valence-corrected chi connectivity index (χ4v) is 3.50. The molecule has 0 unspecified atom stereocenters. The molecule has 1 N–H and O–H groups in total. The second-order valence-corrected chi connectivity index (χ2v) is 9.37. The van der Waals surface area contributed by atoms with Crippen LogP contribution in [0.25, 0.3) is 0 Å². The molecule has 0 radical (unpaired) electrons. The zero-order valence-corrected chi connectivity index (χ0v) is 20.3. The van der Waals surface area contributed by atoms with E-state index in [1.165, 1.54) is 4.90 Å². The van der Waals surface area contributed by atoms with E-state index in [2.05, 4.69) is 5.32 Å². The van der Waals surface area contributed by atoms with E-state index in [9.17, 15) is 9.59 Å². The van der Waals surface area contributed by atoms with E-state index in [4.69, 9.17) is 39.5 Å². The summed E-state index contributed by atoms with van der Waals surface area (Å²) in [5.41, 5.74) is 0.319. The van der Waals surface area contributed by atoms with Crippen molar-refractivity contribution >= 4 is 46.6 Å². The standard InChI is InChI=1S/C23H27Cl3N2O3/c1-5-19(22(30)27-23(2,3)4)28(13-15-10-11-16(24)18(26)12-15)21(29)14-31-20-9-7-6-8-17(20)25/h6-12,19H,5,13-14H2,1-4H3,(H,27,30)/t19-/m0/s1. The number of carbonyl (C=O) groups excluding carboxylic acids is 2. The van der Waals surface area contributed by atoms with Crippen molar-refractivity contribution in [3.63, 3.8) is 0 Å². The van der Waals surface area contributed by atoms with Crippen LogP contribution in [0.1, 0.15) is 39.7 Å². The van der Waals surface area contributed by atoms with Gasteiger partial charge >= 0.3 is 0 Å². The minimum Gasteiger partial charge on any atom is -0.482 e. The highest BCUT2D eigenvalue weighted by atomic mass is 35.5. The Morgan fingerprint density at radius 2 is 1.71 bits per heavy atom. The van der Waals surface area contributed by atoms with Crippen molar-refractivity contribution in [2.75, 3.05) is 6.61 Å². The van der Waals surface area contributed by atoms with Crippen LogP contribution in [0, 0.1) is 0 Å². The van der Waals surface area contributed by atoms with E-state index in [0.717, 1.165) is 5.56 Å². The number of rotatable bonds is 8. The Kier molecular flexibility index (Phi) is 9.04. The van der Waals surface area contributed by atoms with E-state index in [1.54, 1.807) is 42.5 Å². The molecule has 8 heteroatoms. The number of nitrogens with one attached hydrogen (secondary N) is 1. The molecular weight excluding hydrogens is 459 g/mol. The first kappa shape index (κ1) is 25.3. The molecule has 168 valence electrons. The van der Waals surface area contributed by atoms with Crippen LogP contribution in [-0.2, 0) is 16.1 Å². The number of para-hydroxylation sites is 1. The quantitative estimate of drug-likeness (QED) is 0.518. The highest BCUT2D eigenvalue weighted by Gasteiger charge is 2.31. The van der Waals surface area contributed by atoms with E-state index in [-0.39, 0.29) is 25.0 Å². The number of amides is 2. The topological polar surface area (TPSA) is 58.6 Å². The summed E-state index contributed by atoms with van der Waals surface area (Å²) < 4.78 is 5.63. The lowest BCUT2D eigenvalue weighted by Gasteiger charge is -2.33. The summed E-state index contributed by atoms with van der Waals surface area (Å²) in [6.07, 6.45) is 0.432. The maximum absolute atomic E-state index is 13.2. The molecule has 0 saturated heterocycles. The number of hydrogen-bond acceptors (Lipinski definition) is 3. The molecule has 0 aromatic heterocycles. The Hall–Kier alpha value is -1.95. The third-order valence-corrected chi connectivity index (χ3v) is 5.46. The number of benzene rings is 2. The van der Waals surface area contributed by atoms with Gasteiger partial charge in [-0.2, -0.15) is 0 Å². The van der Waals surface area contributed by atoms with Crippen LogP contribution in [-0.4, -0.2) is 34.9 Å². The number of nitrogens with zero attached hydrogens (tertiary/aromatic N) is 1. The van der Waals surface area contributed by atoms with Crippen LogP contribution in [0.4, 0.5) is 0 Å². The molecule has 0 aliphatic heterocycles. The summed E-state index contributed by atoms with van der Waals surface area (Å²) in [6, 6.07) is 11.4. The van der Waals surface area contributed by atoms with Crippen molar-refractivity contribution in [3.05, 3.63) is 63.1 Å². The smallest absolute Gasteiger partial charge is 0.261 e. The van der Waals surface area contributed by atoms with E-state index in [0.29, 0.717) is 27.2 Å². The summed E-state index contributed by atoms with van der Waals surface area (Å²) in [5.74, 6) is -0.178. The Labute approximate surface area is 198 Å². The van der Waals surface area contributed by atoms with Gasteiger partial charge in [0.2, 0.25) is 5.91 Å². The highest BCUT2D eigenvalue weighted by molar-refractivity contribution is 6.42. The largest absolute Gasteiger partial charge is 0.482 e. The molecule has 2 rings (SSSR count). The van der Waals surface area contributed by atoms with Crippen LogP contribution in [0.3, 0.4) is 0 Å². The van der Waals surface area contributed by atoms with Crippen molar-refractivity contribution in [2.24, 2.45) is 0 Å². The third-order valence-electron chi connectivity index (χ3n) is 4.41. The molecule has 2 amide bonds. The van der Waals surface area contributed by atoms with Crippen molar-refractivity contribution in [1.29, 1.82) is 0 Å². The SMILES string of the molecule is CC[C@@H](C(=O)NC(C)(C)C)N(Cc1ccc(Cl)c(Cl)c1)C(=O)COc1ccccc1Cl. The molecule has 2 aromatic rings. The van der Waals surface area contributed by atoms with Gasteiger partial charge in [0.1, 0.15) is 11.8 Å². The van der Waals surface area contributed by atoms with Crippen LogP contribution >= 0.6 is 34.8 Å². The molecule has 0 saturated carbocycles. The minimum absolute atomic E-state index is 0.178. The average Bonchev–Trinajstić information content (AvgIpc) is 2.68. The summed E-state index contributed by atoms with van der Waals surface area (Å²) in [5, 5.41) is 4.16. The van der Waals surface area contributed by atoms with Crippen molar-refractivity contribution < 1.29 is 14.3 Å². The van der Waals surface area contributed by atoms with Crippen molar-refractivity contribution in [1.82, 2.24) is 10.2 Å². The Morgan fingerprint density at radius 3 is 2.29 bits per heavy atom. The first-order valence-corrected chi connectivity index (χ1v) is 11.1. The molecule has 2 aromatic carbocycles. The van der Waals surface area contributed by atoms with Gasteiger partial charge in [0.25, 0.3) is 5.91 Å². The Bertz CT molecular complexity index is 929. The molecular formula is C23H27Cl3N2O3. The number of ether oxygens (including phenoxy) is 1. The van der Waals surface area contributed by atoms with Gasteiger partial charge in [-0.25, -0.2) is 0 Å². The molecule has 31 heavy (non-hydrogen) atoms. The lowest BCUT2D eigenvalue weighted by Crippen LogP contribution is -2.54. The van der Waals surface area contributed by atoms with Gasteiger partial charge in [-0.15, -0.1) is 0 Å². The van der Waals surface area contributed by atoms with Gasteiger partial charge in [-0.1, -0.05) is 59.9 Å². The molecule has 1 atom stereocenters. The first-order valence-electron chi connectivity index (χ1n) is 9.94. The predicted molar refractivity (Wildman–Crippen MR) is 126 cm³/mol. The van der Waals surface area contributed by atoms with Gasteiger partial charge in [-0.05, 0) is 57.0 Å². The monoisotopic (exact) mass is 484 g/mol. The lowest BCUT2D eigenvalue weighted by atomic mass is 10.1. The molecule has 0 spiro atoms. The summed E-state index contributed by atoms with van der Waals surface area (Å²) in [4.78, 5) is 27.6. The van der Waals surface area contributed by atoms with Crippen molar-refractivity contribution in [3.8, 4) is 5.75 Å². The predicted octanol–water partition coefficient (Wildman–Crippen LogP) is 5.75. The number of hydrogen-bond donors (Lipinski definition) is 1. The van der Waals surface area contributed by atoms with Gasteiger partial charge in [-0.3, -0.25) is 9.59 Å². The third kappa shape index (κ3) is 7.60. The zero-order chi connectivity index (χ0) is 23.2. The highest BCUT2D eigenvalue weighted by Crippen LogP contribution is 2.25. The second-order valence-electron chi connectivity index (χ2n) is 8.15. The van der Waals surface area contributed by atoms with Gasteiger partial charge in [0.15, 0.2) is 6.61 Å². The van der Waals surface area contributed by atoms with Gasteiger partial charge in [0.05, 0.1) is 15.1 Å².